The number of halogens is 2. The molecule has 2 aromatic carbocycles. The van der Waals surface area contributed by atoms with Gasteiger partial charge < -0.3 is 19.8 Å². The van der Waals surface area contributed by atoms with Crippen LogP contribution in [0.5, 0.6) is 0 Å². The van der Waals surface area contributed by atoms with Gasteiger partial charge in [-0.25, -0.2) is 4.79 Å². The number of anilines is 1. The molecule has 2 heterocycles. The number of rotatable bonds is 16. The molecule has 0 radical (unpaired) electrons. The molecule has 4 rings (SSSR count). The number of carbonyl (C=O) groups excluding carboxylic acids is 3. The van der Waals surface area contributed by atoms with E-state index in [1.807, 2.05) is 58.9 Å². The lowest BCUT2D eigenvalue weighted by Crippen LogP contribution is -2.58. The Bertz CT molecular complexity index is 2050. The van der Waals surface area contributed by atoms with Gasteiger partial charge in [0, 0.05) is 18.8 Å². The molecule has 0 saturated heterocycles. The Morgan fingerprint density at radius 2 is 1.57 bits per heavy atom. The third kappa shape index (κ3) is 11.4. The van der Waals surface area contributed by atoms with E-state index in [-0.39, 0.29) is 24.8 Å². The Kier molecular flexibility index (Phi) is 14.5. The maximum Gasteiger partial charge on any atom is 0.412 e. The topological polar surface area (TPSA) is 141 Å². The van der Waals surface area contributed by atoms with Gasteiger partial charge in [-0.05, 0) is 78.4 Å². The van der Waals surface area contributed by atoms with Crippen molar-refractivity contribution in [2.24, 2.45) is 0 Å². The third-order valence-electron chi connectivity index (χ3n) is 9.87. The second-order valence-corrected chi connectivity index (χ2v) is 20.3. The van der Waals surface area contributed by atoms with E-state index < -0.39 is 61.9 Å². The van der Waals surface area contributed by atoms with Gasteiger partial charge in [-0.15, -0.1) is 0 Å². The molecule has 0 aliphatic carbocycles. The summed E-state index contributed by atoms with van der Waals surface area (Å²) in [5.74, 6) is -6.11. The number of nitrogens with zero attached hydrogens (tertiary/aromatic N) is 2. The van der Waals surface area contributed by atoms with Crippen molar-refractivity contribution in [2.75, 3.05) is 18.4 Å². The maximum atomic E-state index is 16.1. The van der Waals surface area contributed by atoms with Gasteiger partial charge in [0.05, 0.1) is 11.4 Å². The molecule has 0 aliphatic rings. The van der Waals surface area contributed by atoms with Gasteiger partial charge in [0.1, 0.15) is 24.9 Å². The van der Waals surface area contributed by atoms with Crippen LogP contribution in [0.1, 0.15) is 63.1 Å². The smallest absolute Gasteiger partial charge is 0.412 e. The lowest BCUT2D eigenvalue weighted by molar-refractivity contribution is -0.161. The number of pyridine rings is 2. The number of hydrogen-bond acceptors (Lipinski definition) is 7. The van der Waals surface area contributed by atoms with E-state index in [9.17, 15) is 19.2 Å². The Balaban J connectivity index is 1.53. The van der Waals surface area contributed by atoms with Crippen molar-refractivity contribution in [1.29, 1.82) is 0 Å². The fourth-order valence-electron chi connectivity index (χ4n) is 5.74. The monoisotopic (exact) mass is 789 g/mol. The number of amides is 3. The molecule has 14 heteroatoms. The van der Waals surface area contributed by atoms with Crippen LogP contribution in [-0.2, 0) is 38.3 Å². The minimum atomic E-state index is -4.02. The van der Waals surface area contributed by atoms with Gasteiger partial charge in [0.2, 0.25) is 5.91 Å². The first kappa shape index (κ1) is 43.5. The van der Waals surface area contributed by atoms with E-state index in [1.54, 1.807) is 74.6 Å². The summed E-state index contributed by atoms with van der Waals surface area (Å²) in [7, 11) is -2.91. The number of nitrogens with one attached hydrogen (secondary N) is 3. The van der Waals surface area contributed by atoms with Crippen molar-refractivity contribution in [2.45, 2.75) is 97.2 Å². The summed E-state index contributed by atoms with van der Waals surface area (Å²) in [6.07, 6.45) is -2.57. The number of hydrogen-bond donors (Lipinski definition) is 3. The standard InChI is InChI=1S/C42H53F2N5O6Si/c1-28(2)33-20-13-12-16-30(33)23-24-45-39(52)42(43,44)36(55-56(7,8)41(4,5)6)25-46-37(50)26-49-35(31-17-10-9-11-18-31)22-21-34(38(49)51)48-40(53)54-27-32-19-14-15-29(3)47-32/h9-22,28,36H,23-27H2,1-8H3,(H,45,52)(H,46,50)(H,48,53). The van der Waals surface area contributed by atoms with Gasteiger partial charge in [0.25, 0.3) is 11.5 Å². The van der Waals surface area contributed by atoms with E-state index in [0.717, 1.165) is 21.4 Å². The van der Waals surface area contributed by atoms with E-state index in [2.05, 4.69) is 20.9 Å². The van der Waals surface area contributed by atoms with Crippen molar-refractivity contribution < 1.29 is 32.3 Å². The average molecular weight is 790 g/mol. The van der Waals surface area contributed by atoms with Gasteiger partial charge in [0.15, 0.2) is 8.32 Å². The number of alkyl halides is 2. The van der Waals surface area contributed by atoms with Crippen LogP contribution in [0, 0.1) is 6.92 Å². The van der Waals surface area contributed by atoms with E-state index in [0.29, 0.717) is 23.4 Å². The van der Waals surface area contributed by atoms with Gasteiger partial charge in [-0.1, -0.05) is 95.3 Å². The highest BCUT2D eigenvalue weighted by Crippen LogP contribution is 2.39. The predicted molar refractivity (Wildman–Crippen MR) is 216 cm³/mol. The van der Waals surface area contributed by atoms with Crippen molar-refractivity contribution in [3.8, 4) is 11.3 Å². The highest BCUT2D eigenvalue weighted by atomic mass is 28.4. The van der Waals surface area contributed by atoms with Crippen molar-refractivity contribution in [1.82, 2.24) is 20.2 Å². The molecule has 0 fully saturated rings. The number of aromatic nitrogens is 2. The summed E-state index contributed by atoms with van der Waals surface area (Å²) in [4.78, 5) is 57.5. The van der Waals surface area contributed by atoms with Crippen LogP contribution in [0.3, 0.4) is 0 Å². The molecule has 3 N–H and O–H groups in total. The summed E-state index contributed by atoms with van der Waals surface area (Å²) in [5.41, 5.74) is 3.31. The number of ether oxygens (including phenoxy) is 1. The number of carbonyl (C=O) groups is 3. The fraction of sp³-hybridized carbons (Fsp3) is 0.405. The molecule has 2 aromatic heterocycles. The van der Waals surface area contributed by atoms with Gasteiger partial charge in [-0.2, -0.15) is 8.78 Å². The van der Waals surface area contributed by atoms with E-state index >= 15 is 8.78 Å². The molecule has 4 aromatic rings. The zero-order valence-corrected chi connectivity index (χ0v) is 34.4. The summed E-state index contributed by atoms with van der Waals surface area (Å²) in [5, 5.41) is 6.82. The summed E-state index contributed by atoms with van der Waals surface area (Å²) in [6, 6.07) is 24.7. The van der Waals surface area contributed by atoms with Gasteiger partial charge in [-0.3, -0.25) is 29.3 Å². The summed E-state index contributed by atoms with van der Waals surface area (Å²) < 4.78 is 44.8. The number of benzene rings is 2. The van der Waals surface area contributed by atoms with Crippen LogP contribution >= 0.6 is 0 Å². The molecular formula is C42H53F2N5O6Si. The molecular weight excluding hydrogens is 737 g/mol. The Labute approximate surface area is 328 Å². The Hall–Kier alpha value is -5.21. The van der Waals surface area contributed by atoms with Crippen LogP contribution in [0.25, 0.3) is 11.3 Å². The van der Waals surface area contributed by atoms with Crippen LogP contribution in [0.4, 0.5) is 19.3 Å². The summed E-state index contributed by atoms with van der Waals surface area (Å²) in [6.45, 7) is 13.6. The molecule has 0 saturated carbocycles. The molecule has 0 spiro atoms. The SMILES string of the molecule is Cc1cccc(COC(=O)Nc2ccc(-c3ccccc3)n(CC(=O)NCC(O[Si](C)(C)C(C)(C)C)C(F)(F)C(=O)NCCc3ccccc3C(C)C)c2=O)n1. The van der Waals surface area contributed by atoms with Crippen molar-refractivity contribution in [3.05, 3.63) is 118 Å². The highest BCUT2D eigenvalue weighted by Gasteiger charge is 2.52. The minimum absolute atomic E-state index is 0.0246. The molecule has 0 aliphatic heterocycles. The Morgan fingerprint density at radius 1 is 0.893 bits per heavy atom. The van der Waals surface area contributed by atoms with Crippen LogP contribution in [-0.4, -0.2) is 60.9 Å². The summed E-state index contributed by atoms with van der Waals surface area (Å²) >= 11 is 0. The van der Waals surface area contributed by atoms with Crippen LogP contribution in [0.2, 0.25) is 18.1 Å². The van der Waals surface area contributed by atoms with Crippen molar-refractivity contribution >= 4 is 31.9 Å². The third-order valence-corrected chi connectivity index (χ3v) is 14.4. The Morgan fingerprint density at radius 3 is 2.23 bits per heavy atom. The molecule has 3 amide bonds. The molecule has 0 bridgehead atoms. The quantitative estimate of drug-likeness (QED) is 0.0994. The first-order valence-corrected chi connectivity index (χ1v) is 21.5. The largest absolute Gasteiger partial charge is 0.443 e. The lowest BCUT2D eigenvalue weighted by atomic mass is 9.95. The average Bonchev–Trinajstić information content (AvgIpc) is 3.14. The predicted octanol–water partition coefficient (Wildman–Crippen LogP) is 7.59. The van der Waals surface area contributed by atoms with Crippen LogP contribution < -0.4 is 21.5 Å². The fourth-order valence-corrected chi connectivity index (χ4v) is 7.04. The molecule has 300 valence electrons. The van der Waals surface area contributed by atoms with Gasteiger partial charge >= 0.3 is 12.0 Å². The second kappa shape index (κ2) is 18.6. The second-order valence-electron chi connectivity index (χ2n) is 15.5. The van der Waals surface area contributed by atoms with E-state index in [1.165, 1.54) is 6.07 Å². The molecule has 56 heavy (non-hydrogen) atoms. The minimum Gasteiger partial charge on any atom is -0.443 e. The first-order chi connectivity index (χ1) is 26.3. The van der Waals surface area contributed by atoms with Crippen molar-refractivity contribution in [3.63, 3.8) is 0 Å². The zero-order valence-electron chi connectivity index (χ0n) is 33.4. The maximum absolute atomic E-state index is 16.1. The van der Waals surface area contributed by atoms with Crippen LogP contribution in [0.15, 0.2) is 89.7 Å². The first-order valence-electron chi connectivity index (χ1n) is 18.6. The van der Waals surface area contributed by atoms with E-state index in [4.69, 9.17) is 9.16 Å². The highest BCUT2D eigenvalue weighted by molar-refractivity contribution is 6.74. The number of aryl methyl sites for hydroxylation is 1. The molecule has 1 atom stereocenters. The molecule has 11 nitrogen and oxygen atoms in total. The normalized spacial score (nSPS) is 12.6. The molecule has 1 unspecified atom stereocenters. The zero-order chi connectivity index (χ0) is 41.3. The lowest BCUT2D eigenvalue weighted by Gasteiger charge is -2.40.